The van der Waals surface area contributed by atoms with Gasteiger partial charge in [-0.25, -0.2) is 4.79 Å². The van der Waals surface area contributed by atoms with Gasteiger partial charge in [0.2, 0.25) is 11.7 Å². The number of ether oxygens (including phenoxy) is 3. The van der Waals surface area contributed by atoms with Crippen LogP contribution in [0.2, 0.25) is 0 Å². The molecule has 320 valence electrons. The summed E-state index contributed by atoms with van der Waals surface area (Å²) in [6, 6.07) is 19.2. The molecule has 3 aromatic rings. The molecule has 0 bridgehead atoms. The number of carbonyl (C=O) groups excluding carboxylic acids is 2. The van der Waals surface area contributed by atoms with E-state index in [-0.39, 0.29) is 55.8 Å². The predicted molar refractivity (Wildman–Crippen MR) is 229 cm³/mol. The number of unbranched alkanes of at least 4 members (excludes halogenated alkanes) is 2. The second kappa shape index (κ2) is 20.8. The Balaban J connectivity index is 1.52. The van der Waals surface area contributed by atoms with Crippen molar-refractivity contribution in [3.05, 3.63) is 112 Å². The summed E-state index contributed by atoms with van der Waals surface area (Å²) in [7, 11) is 0. The number of anilines is 1. The minimum absolute atomic E-state index is 0.0190. The smallest absolute Gasteiger partial charge is 0.412 e. The van der Waals surface area contributed by atoms with Crippen molar-refractivity contribution in [2.24, 2.45) is 22.9 Å². The molecule has 2 aliphatic carbocycles. The number of nitro groups is 1. The van der Waals surface area contributed by atoms with Gasteiger partial charge in [0.05, 0.1) is 28.4 Å². The van der Waals surface area contributed by atoms with E-state index in [0.717, 1.165) is 41.7 Å². The van der Waals surface area contributed by atoms with E-state index in [0.29, 0.717) is 54.3 Å². The first kappa shape index (κ1) is 44.3. The summed E-state index contributed by atoms with van der Waals surface area (Å²) < 4.78 is 20.0. The maximum Gasteiger partial charge on any atom is 0.412 e. The molecule has 15 heteroatoms. The quantitative estimate of drug-likeness (QED) is 0.0371. The molecule has 1 fully saturated rings. The molecule has 0 radical (unpaired) electrons. The van der Waals surface area contributed by atoms with Gasteiger partial charge in [0.1, 0.15) is 18.1 Å². The maximum absolute atomic E-state index is 12.7. The van der Waals surface area contributed by atoms with Crippen molar-refractivity contribution < 1.29 is 43.8 Å². The molecule has 0 saturated heterocycles. The lowest BCUT2D eigenvalue weighted by Gasteiger charge is -2.58. The number of nitro benzene ring substituents is 1. The summed E-state index contributed by atoms with van der Waals surface area (Å²) >= 11 is 1.57. The Kier molecular flexibility index (Phi) is 15.4. The van der Waals surface area contributed by atoms with E-state index >= 15 is 0 Å². The van der Waals surface area contributed by atoms with Crippen LogP contribution >= 0.6 is 11.8 Å². The van der Waals surface area contributed by atoms with Crippen molar-refractivity contribution in [1.29, 1.82) is 0 Å². The zero-order valence-electron chi connectivity index (χ0n) is 34.0. The average Bonchev–Trinajstić information content (AvgIpc) is 3.23. The second-order valence-corrected chi connectivity index (χ2v) is 16.5. The third kappa shape index (κ3) is 10.4. The Labute approximate surface area is 354 Å². The number of aliphatic hydroxyl groups excluding tert-OH is 2. The molecule has 60 heavy (non-hydrogen) atoms. The van der Waals surface area contributed by atoms with Gasteiger partial charge in [0.25, 0.3) is 5.69 Å². The molecule has 0 aromatic heterocycles. The first-order chi connectivity index (χ1) is 29.1. The fourth-order valence-corrected chi connectivity index (χ4v) is 9.95. The predicted octanol–water partition coefficient (Wildman–Crippen LogP) is 8.29. The zero-order chi connectivity index (χ0) is 42.6. The molecule has 6 atom stereocenters. The molecule has 1 aliphatic heterocycles. The van der Waals surface area contributed by atoms with Gasteiger partial charge >= 0.3 is 6.09 Å². The first-order valence-electron chi connectivity index (χ1n) is 20.5. The third-order valence-electron chi connectivity index (χ3n) is 11.2. The van der Waals surface area contributed by atoms with E-state index in [4.69, 9.17) is 24.2 Å². The van der Waals surface area contributed by atoms with E-state index in [1.54, 1.807) is 36.0 Å². The number of aliphatic hydroxyl groups is 2. The van der Waals surface area contributed by atoms with Crippen LogP contribution in [0.5, 0.6) is 11.5 Å². The summed E-state index contributed by atoms with van der Waals surface area (Å²) in [4.78, 5) is 42.3. The lowest BCUT2D eigenvalue weighted by Crippen LogP contribution is -2.64. The van der Waals surface area contributed by atoms with Crippen molar-refractivity contribution in [1.82, 2.24) is 5.32 Å². The number of amides is 2. The molecule has 6 rings (SSSR count). The van der Waals surface area contributed by atoms with Crippen molar-refractivity contribution >= 4 is 40.8 Å². The number of nitrogens with zero attached hydrogens (tertiary/aromatic N) is 2. The van der Waals surface area contributed by atoms with Crippen LogP contribution < -0.4 is 20.1 Å². The Morgan fingerprint density at radius 2 is 1.78 bits per heavy atom. The van der Waals surface area contributed by atoms with E-state index < -0.39 is 28.0 Å². The summed E-state index contributed by atoms with van der Waals surface area (Å²) in [6.45, 7) is 8.08. The number of fused-ring (bicyclic) bond motifs is 2. The second-order valence-electron chi connectivity index (χ2n) is 15.2. The molecular formula is C45H54N4O10S. The zero-order valence-corrected chi connectivity index (χ0v) is 34.9. The van der Waals surface area contributed by atoms with Crippen molar-refractivity contribution in [3.63, 3.8) is 0 Å². The van der Waals surface area contributed by atoms with E-state index in [1.165, 1.54) is 19.1 Å². The molecule has 3 aliphatic rings. The Morgan fingerprint density at radius 1 is 1.05 bits per heavy atom. The lowest BCUT2D eigenvalue weighted by molar-refractivity contribution is -0.384. The highest BCUT2D eigenvalue weighted by molar-refractivity contribution is 8.00. The van der Waals surface area contributed by atoms with Crippen LogP contribution in [0.4, 0.5) is 16.2 Å². The summed E-state index contributed by atoms with van der Waals surface area (Å²) in [5.74, 6) is -1.08. The normalized spacial score (nSPS) is 23.3. The number of rotatable bonds is 20. The Morgan fingerprint density at radius 3 is 2.45 bits per heavy atom. The molecule has 2 amide bonds. The molecular weight excluding hydrogens is 789 g/mol. The summed E-state index contributed by atoms with van der Waals surface area (Å²) in [5, 5.41) is 41.0. The van der Waals surface area contributed by atoms with Gasteiger partial charge < -0.3 is 39.9 Å². The molecule has 3 aromatic carbocycles. The van der Waals surface area contributed by atoms with Crippen LogP contribution in [0.3, 0.4) is 0 Å². The van der Waals surface area contributed by atoms with Crippen molar-refractivity contribution in [2.75, 3.05) is 31.7 Å². The van der Waals surface area contributed by atoms with E-state index in [9.17, 15) is 29.9 Å². The SMILES string of the molecule is C=CCO[C@@]12Oc3ccc(OC(=O)NCC)cc3[C@H]3[C@H](CCCCO)[C@@H](CCCCO)C=C(C(=NOCc4ccc([N+](=O)[O-])cc4)C[C@@H]1Sc1ccc(NC(C)=O)cc1)[C@H]32. The fourth-order valence-electron chi connectivity index (χ4n) is 8.66. The van der Waals surface area contributed by atoms with Gasteiger partial charge in [-0.1, -0.05) is 30.1 Å². The third-order valence-corrected chi connectivity index (χ3v) is 12.5. The topological polar surface area (TPSA) is 191 Å². The molecule has 1 heterocycles. The Hall–Kier alpha value is -5.22. The van der Waals surface area contributed by atoms with Crippen LogP contribution in [-0.2, 0) is 21.0 Å². The number of hydrogen-bond donors (Lipinski definition) is 4. The highest BCUT2D eigenvalue weighted by Gasteiger charge is 2.64. The molecule has 14 nitrogen and oxygen atoms in total. The largest absolute Gasteiger partial charge is 0.460 e. The van der Waals surface area contributed by atoms with Crippen LogP contribution in [0.1, 0.15) is 75.8 Å². The van der Waals surface area contributed by atoms with Gasteiger partial charge in [-0.3, -0.25) is 14.9 Å². The number of carbonyl (C=O) groups is 2. The van der Waals surface area contributed by atoms with Crippen LogP contribution in [0.25, 0.3) is 0 Å². The monoisotopic (exact) mass is 842 g/mol. The first-order valence-corrected chi connectivity index (χ1v) is 21.4. The van der Waals surface area contributed by atoms with Crippen molar-refractivity contribution in [3.8, 4) is 11.5 Å². The van der Waals surface area contributed by atoms with Gasteiger partial charge in [0, 0.05) is 67.3 Å². The number of non-ortho nitro benzene ring substituents is 1. The molecule has 0 spiro atoms. The average molecular weight is 843 g/mol. The van der Waals surface area contributed by atoms with Gasteiger partial charge in [-0.2, -0.15) is 0 Å². The molecule has 1 saturated carbocycles. The molecule has 0 unspecified atom stereocenters. The van der Waals surface area contributed by atoms with Crippen LogP contribution in [0.15, 0.2) is 101 Å². The van der Waals surface area contributed by atoms with E-state index in [2.05, 4.69) is 23.3 Å². The van der Waals surface area contributed by atoms with Crippen LogP contribution in [-0.4, -0.2) is 70.3 Å². The van der Waals surface area contributed by atoms with E-state index in [1.807, 2.05) is 43.3 Å². The number of benzene rings is 3. The minimum atomic E-state index is -1.26. The summed E-state index contributed by atoms with van der Waals surface area (Å²) in [6.07, 6.45) is 8.20. The number of allylic oxidation sites excluding steroid dienone is 1. The number of hydrogen-bond acceptors (Lipinski definition) is 12. The van der Waals surface area contributed by atoms with Gasteiger partial charge in [-0.15, -0.1) is 18.3 Å². The highest BCUT2D eigenvalue weighted by atomic mass is 32.2. The summed E-state index contributed by atoms with van der Waals surface area (Å²) in [5.41, 5.74) is 3.85. The Bertz CT molecular complexity index is 2040. The highest BCUT2D eigenvalue weighted by Crippen LogP contribution is 2.63. The van der Waals surface area contributed by atoms with Gasteiger partial charge in [-0.05, 0) is 110 Å². The standard InChI is InChI=1S/C45H54N4O10S/c1-4-24-56-45-41(60-35-19-14-32(15-20-35)47-29(3)52)27-39(48-57-28-30-12-16-33(17-13-30)49(54)55)37-25-31(10-6-8-22-50)36(11-7-9-23-51)42(43(37)45)38-26-34(18-21-40(38)59-45)58-44(53)46-5-2/h4,12-21,25-26,31,36,41-43,50-51H,1,5-11,22-24,27-28H2,2-3H3,(H,46,53)(H,47,52)/t31-,36+,41-,42+,43+,45+/m0/s1. The molecule has 4 N–H and O–H groups in total. The number of oxime groups is 1. The van der Waals surface area contributed by atoms with Crippen LogP contribution in [0, 0.1) is 27.9 Å². The lowest BCUT2D eigenvalue weighted by atomic mass is 9.56. The number of nitrogens with one attached hydrogen (secondary N) is 2. The maximum atomic E-state index is 12.7. The number of thioether (sulfide) groups is 1. The fraction of sp³-hybridized carbons (Fsp3) is 0.444. The van der Waals surface area contributed by atoms with Gasteiger partial charge in [0.15, 0.2) is 0 Å². The van der Waals surface area contributed by atoms with Crippen molar-refractivity contribution in [2.45, 2.75) is 87.3 Å². The minimum Gasteiger partial charge on any atom is -0.460 e.